The van der Waals surface area contributed by atoms with E-state index in [1.54, 1.807) is 24.3 Å². The third-order valence-corrected chi connectivity index (χ3v) is 6.60. The van der Waals surface area contributed by atoms with Crippen LogP contribution in [0.15, 0.2) is 71.6 Å². The van der Waals surface area contributed by atoms with Crippen LogP contribution in [-0.4, -0.2) is 40.0 Å². The molecule has 0 saturated heterocycles. The van der Waals surface area contributed by atoms with Gasteiger partial charge in [0.1, 0.15) is 13.2 Å². The topological polar surface area (TPSA) is 108 Å². The smallest absolute Gasteiger partial charge is 0.340 e. The molecule has 1 N–H and O–H groups in total. The van der Waals surface area contributed by atoms with Crippen molar-refractivity contribution in [3.8, 4) is 11.5 Å². The van der Waals surface area contributed by atoms with Gasteiger partial charge in [0.05, 0.1) is 16.1 Å². The molecule has 0 aromatic heterocycles. The molecule has 176 valence electrons. The van der Waals surface area contributed by atoms with Gasteiger partial charge in [0.2, 0.25) is 0 Å². The molecule has 0 aliphatic carbocycles. The number of anilines is 1. The first kappa shape index (κ1) is 23.3. The maximum atomic E-state index is 13.0. The van der Waals surface area contributed by atoms with Crippen LogP contribution < -0.4 is 14.2 Å². The largest absolute Gasteiger partial charge is 0.486 e. The number of fused-ring (bicyclic) bond motifs is 1. The van der Waals surface area contributed by atoms with Gasteiger partial charge in [-0.1, -0.05) is 43.3 Å². The van der Waals surface area contributed by atoms with Gasteiger partial charge in [-0.25, -0.2) is 13.2 Å². The van der Waals surface area contributed by atoms with Crippen LogP contribution in [0.4, 0.5) is 5.69 Å². The van der Waals surface area contributed by atoms with Crippen LogP contribution in [-0.2, 0) is 21.2 Å². The SMILES string of the molecule is CCc1ccc(C(=O)COC(=O)c2ccccc2NS(=O)(=O)c2ccc3c(c2)OCCO3)cc1. The normalized spacial score (nSPS) is 12.6. The highest BCUT2D eigenvalue weighted by Gasteiger charge is 2.22. The van der Waals surface area contributed by atoms with E-state index >= 15 is 0 Å². The van der Waals surface area contributed by atoms with Gasteiger partial charge < -0.3 is 14.2 Å². The molecule has 1 aliphatic heterocycles. The first-order valence-electron chi connectivity index (χ1n) is 10.7. The average Bonchev–Trinajstić information content (AvgIpc) is 2.87. The first-order chi connectivity index (χ1) is 16.4. The van der Waals surface area contributed by atoms with Gasteiger partial charge in [-0.15, -0.1) is 0 Å². The van der Waals surface area contributed by atoms with Gasteiger partial charge in [0, 0.05) is 11.6 Å². The molecule has 0 unspecified atom stereocenters. The highest BCUT2D eigenvalue weighted by Crippen LogP contribution is 2.33. The number of ether oxygens (including phenoxy) is 3. The number of Topliss-reactive ketones (excluding diaryl/α,β-unsaturated/α-hetero) is 1. The summed E-state index contributed by atoms with van der Waals surface area (Å²) < 4.78 is 44.4. The van der Waals surface area contributed by atoms with E-state index in [1.807, 2.05) is 19.1 Å². The molecule has 0 atom stereocenters. The zero-order valence-corrected chi connectivity index (χ0v) is 19.3. The predicted molar refractivity (Wildman–Crippen MR) is 125 cm³/mol. The van der Waals surface area contributed by atoms with Gasteiger partial charge in [0.15, 0.2) is 23.9 Å². The summed E-state index contributed by atoms with van der Waals surface area (Å²) in [5, 5.41) is 0. The fraction of sp³-hybridized carbons (Fsp3) is 0.200. The zero-order chi connectivity index (χ0) is 24.1. The van der Waals surface area contributed by atoms with Crippen LogP contribution in [0.25, 0.3) is 0 Å². The lowest BCUT2D eigenvalue weighted by Crippen LogP contribution is -2.19. The molecule has 1 aliphatic rings. The second-order valence-corrected chi connectivity index (χ2v) is 9.19. The van der Waals surface area contributed by atoms with Gasteiger partial charge in [0.25, 0.3) is 10.0 Å². The summed E-state index contributed by atoms with van der Waals surface area (Å²) in [6.45, 7) is 2.26. The van der Waals surface area contributed by atoms with Crippen molar-refractivity contribution in [3.05, 3.63) is 83.4 Å². The molecular weight excluding hydrogens is 458 g/mol. The number of nitrogens with one attached hydrogen (secondary N) is 1. The number of ketones is 1. The highest BCUT2D eigenvalue weighted by molar-refractivity contribution is 7.92. The minimum Gasteiger partial charge on any atom is -0.486 e. The van der Waals surface area contributed by atoms with Gasteiger partial charge in [-0.05, 0) is 36.2 Å². The van der Waals surface area contributed by atoms with Crippen molar-refractivity contribution >= 4 is 27.5 Å². The fourth-order valence-corrected chi connectivity index (χ4v) is 4.46. The number of hydrogen-bond acceptors (Lipinski definition) is 7. The summed E-state index contributed by atoms with van der Waals surface area (Å²) in [5.74, 6) is -0.389. The lowest BCUT2D eigenvalue weighted by molar-refractivity contribution is 0.0476. The van der Waals surface area contributed by atoms with E-state index in [1.165, 1.54) is 30.3 Å². The van der Waals surface area contributed by atoms with E-state index in [4.69, 9.17) is 14.2 Å². The Balaban J connectivity index is 1.47. The zero-order valence-electron chi connectivity index (χ0n) is 18.4. The summed E-state index contributed by atoms with van der Waals surface area (Å²) in [7, 11) is -4.04. The van der Waals surface area contributed by atoms with Crippen molar-refractivity contribution < 1.29 is 32.2 Å². The number of sulfonamides is 1. The number of esters is 1. The molecular formula is C25H23NO7S. The van der Waals surface area contributed by atoms with Crippen LogP contribution in [0.1, 0.15) is 33.2 Å². The number of carbonyl (C=O) groups excluding carboxylic acids is 2. The molecule has 3 aromatic carbocycles. The first-order valence-corrected chi connectivity index (χ1v) is 12.2. The summed E-state index contributed by atoms with van der Waals surface area (Å²) in [6, 6.07) is 17.3. The summed E-state index contributed by atoms with van der Waals surface area (Å²) in [5.41, 5.74) is 1.53. The average molecular weight is 482 g/mol. The van der Waals surface area contributed by atoms with Gasteiger partial charge in [-0.2, -0.15) is 0 Å². The molecule has 3 aromatic rings. The number of rotatable bonds is 8. The lowest BCUT2D eigenvalue weighted by Gasteiger charge is -2.19. The molecule has 0 radical (unpaired) electrons. The summed E-state index contributed by atoms with van der Waals surface area (Å²) in [4.78, 5) is 25.0. The maximum Gasteiger partial charge on any atom is 0.340 e. The Hall–Kier alpha value is -3.85. The number of aryl methyl sites for hydroxylation is 1. The molecule has 0 spiro atoms. The van der Waals surface area contributed by atoms with Crippen LogP contribution in [0.5, 0.6) is 11.5 Å². The number of benzene rings is 3. The second kappa shape index (κ2) is 9.96. The fourth-order valence-electron chi connectivity index (χ4n) is 3.36. The molecule has 9 heteroatoms. The Morgan fingerprint density at radius 2 is 1.65 bits per heavy atom. The van der Waals surface area contributed by atoms with E-state index in [0.717, 1.165) is 12.0 Å². The Labute approximate surface area is 197 Å². The van der Waals surface area contributed by atoms with Crippen molar-refractivity contribution in [2.24, 2.45) is 0 Å². The summed E-state index contributed by atoms with van der Waals surface area (Å²) in [6.07, 6.45) is 0.850. The predicted octanol–water partition coefficient (Wildman–Crippen LogP) is 3.86. The van der Waals surface area contributed by atoms with Crippen LogP contribution in [0.3, 0.4) is 0 Å². The van der Waals surface area contributed by atoms with Crippen molar-refractivity contribution in [2.75, 3.05) is 24.5 Å². The van der Waals surface area contributed by atoms with Crippen LogP contribution in [0.2, 0.25) is 0 Å². The minimum absolute atomic E-state index is 0.0160. The monoisotopic (exact) mass is 481 g/mol. The molecule has 0 bridgehead atoms. The number of hydrogen-bond donors (Lipinski definition) is 1. The molecule has 8 nitrogen and oxygen atoms in total. The van der Waals surface area contributed by atoms with Crippen LogP contribution >= 0.6 is 0 Å². The third-order valence-electron chi connectivity index (χ3n) is 5.23. The Morgan fingerprint density at radius 3 is 2.38 bits per heavy atom. The van der Waals surface area contributed by atoms with Gasteiger partial charge in [-0.3, -0.25) is 9.52 Å². The molecule has 0 saturated carbocycles. The Bertz CT molecular complexity index is 1320. The number of carbonyl (C=O) groups is 2. The maximum absolute atomic E-state index is 13.0. The number of para-hydroxylation sites is 1. The highest BCUT2D eigenvalue weighted by atomic mass is 32.2. The standard InChI is InChI=1S/C25H23NO7S/c1-2-17-7-9-18(10-8-17)22(27)16-33-25(28)20-5-3-4-6-21(20)26-34(29,30)19-11-12-23-24(15-19)32-14-13-31-23/h3-12,15,26H,2,13-14,16H2,1H3. The Kier molecular flexibility index (Phi) is 6.83. The van der Waals surface area contributed by atoms with E-state index < -0.39 is 22.6 Å². The quantitative estimate of drug-likeness (QED) is 0.384. The van der Waals surface area contributed by atoms with Crippen molar-refractivity contribution in [1.82, 2.24) is 0 Å². The summed E-state index contributed by atoms with van der Waals surface area (Å²) >= 11 is 0. The minimum atomic E-state index is -4.04. The van der Waals surface area contributed by atoms with Gasteiger partial charge >= 0.3 is 5.97 Å². The van der Waals surface area contributed by atoms with E-state index in [0.29, 0.717) is 30.3 Å². The van der Waals surface area contributed by atoms with E-state index in [2.05, 4.69) is 4.72 Å². The van der Waals surface area contributed by atoms with Crippen molar-refractivity contribution in [3.63, 3.8) is 0 Å². The molecule has 1 heterocycles. The second-order valence-electron chi connectivity index (χ2n) is 7.51. The molecule has 0 fully saturated rings. The van der Waals surface area contributed by atoms with Crippen molar-refractivity contribution in [2.45, 2.75) is 18.2 Å². The van der Waals surface area contributed by atoms with E-state index in [-0.39, 0.29) is 21.9 Å². The Morgan fingerprint density at radius 1 is 0.941 bits per heavy atom. The van der Waals surface area contributed by atoms with E-state index in [9.17, 15) is 18.0 Å². The van der Waals surface area contributed by atoms with Crippen LogP contribution in [0, 0.1) is 0 Å². The molecule has 4 rings (SSSR count). The molecule has 0 amide bonds. The lowest BCUT2D eigenvalue weighted by atomic mass is 10.1. The molecule has 34 heavy (non-hydrogen) atoms. The third kappa shape index (κ3) is 5.20. The van der Waals surface area contributed by atoms with Crippen molar-refractivity contribution in [1.29, 1.82) is 0 Å².